The van der Waals surface area contributed by atoms with Gasteiger partial charge in [0, 0.05) is 6.04 Å². The molecule has 0 unspecified atom stereocenters. The molecule has 1 aromatic rings. The predicted octanol–water partition coefficient (Wildman–Crippen LogP) is 1.84. The SMILES string of the molecule is Cc1cccc(O)c1C(=O)NC(C)C. The summed E-state index contributed by atoms with van der Waals surface area (Å²) >= 11 is 0. The van der Waals surface area contributed by atoms with Crippen LogP contribution in [0.3, 0.4) is 0 Å². The molecule has 0 aliphatic carbocycles. The third-order valence-electron chi connectivity index (χ3n) is 1.90. The van der Waals surface area contributed by atoms with Crippen molar-refractivity contribution < 1.29 is 9.90 Å². The molecule has 0 heterocycles. The molecular formula is C11H15NO2. The number of carbonyl (C=O) groups excluding carboxylic acids is 1. The predicted molar refractivity (Wildman–Crippen MR) is 55.4 cm³/mol. The zero-order valence-electron chi connectivity index (χ0n) is 8.66. The Bertz CT molecular complexity index is 325. The molecule has 1 amide bonds. The summed E-state index contributed by atoms with van der Waals surface area (Å²) in [4.78, 5) is 11.6. The number of hydrogen-bond donors (Lipinski definition) is 2. The number of hydrogen-bond acceptors (Lipinski definition) is 2. The molecule has 0 bridgehead atoms. The second kappa shape index (κ2) is 4.13. The van der Waals surface area contributed by atoms with Crippen molar-refractivity contribution in [3.05, 3.63) is 29.3 Å². The van der Waals surface area contributed by atoms with Crippen molar-refractivity contribution in [1.82, 2.24) is 5.32 Å². The summed E-state index contributed by atoms with van der Waals surface area (Å²) in [6, 6.07) is 5.11. The molecule has 3 nitrogen and oxygen atoms in total. The van der Waals surface area contributed by atoms with Crippen LogP contribution in [0.5, 0.6) is 5.75 Å². The normalized spacial score (nSPS) is 10.3. The number of carbonyl (C=O) groups is 1. The zero-order valence-corrected chi connectivity index (χ0v) is 8.66. The quantitative estimate of drug-likeness (QED) is 0.753. The van der Waals surface area contributed by atoms with Gasteiger partial charge in [0.05, 0.1) is 5.56 Å². The zero-order chi connectivity index (χ0) is 10.7. The lowest BCUT2D eigenvalue weighted by atomic mass is 10.1. The summed E-state index contributed by atoms with van der Waals surface area (Å²) in [5.41, 5.74) is 1.14. The molecule has 0 saturated carbocycles. The second-order valence-electron chi connectivity index (χ2n) is 3.60. The number of aryl methyl sites for hydroxylation is 1. The van der Waals surface area contributed by atoms with E-state index in [9.17, 15) is 9.90 Å². The lowest BCUT2D eigenvalue weighted by Gasteiger charge is -2.11. The van der Waals surface area contributed by atoms with E-state index in [1.807, 2.05) is 13.8 Å². The van der Waals surface area contributed by atoms with E-state index in [2.05, 4.69) is 5.32 Å². The Kier molecular flexibility index (Phi) is 3.12. The van der Waals surface area contributed by atoms with Crippen molar-refractivity contribution in [3.8, 4) is 5.75 Å². The topological polar surface area (TPSA) is 49.3 Å². The van der Waals surface area contributed by atoms with Crippen LogP contribution in [0, 0.1) is 6.92 Å². The lowest BCUT2D eigenvalue weighted by molar-refractivity contribution is 0.0940. The largest absolute Gasteiger partial charge is 0.507 e. The van der Waals surface area contributed by atoms with Gasteiger partial charge in [0.15, 0.2) is 0 Å². The van der Waals surface area contributed by atoms with Crippen LogP contribution in [0.1, 0.15) is 29.8 Å². The van der Waals surface area contributed by atoms with Crippen LogP contribution >= 0.6 is 0 Å². The minimum Gasteiger partial charge on any atom is -0.507 e. The molecule has 0 fully saturated rings. The van der Waals surface area contributed by atoms with E-state index in [1.165, 1.54) is 6.07 Å². The third kappa shape index (κ3) is 2.25. The number of phenolic OH excluding ortho intramolecular Hbond substituents is 1. The molecule has 0 aliphatic rings. The van der Waals surface area contributed by atoms with E-state index >= 15 is 0 Å². The van der Waals surface area contributed by atoms with Gasteiger partial charge >= 0.3 is 0 Å². The first kappa shape index (κ1) is 10.6. The van der Waals surface area contributed by atoms with Crippen LogP contribution in [0.4, 0.5) is 0 Å². The Balaban J connectivity index is 3.00. The molecule has 2 N–H and O–H groups in total. The molecule has 0 saturated heterocycles. The van der Waals surface area contributed by atoms with Crippen LogP contribution in [0.25, 0.3) is 0 Å². The molecule has 14 heavy (non-hydrogen) atoms. The van der Waals surface area contributed by atoms with Gasteiger partial charge in [-0.05, 0) is 32.4 Å². The number of rotatable bonds is 2. The number of aromatic hydroxyl groups is 1. The maximum Gasteiger partial charge on any atom is 0.255 e. The van der Waals surface area contributed by atoms with Gasteiger partial charge in [-0.2, -0.15) is 0 Å². The summed E-state index contributed by atoms with van der Waals surface area (Å²) in [5, 5.41) is 12.3. The maximum absolute atomic E-state index is 11.6. The van der Waals surface area contributed by atoms with E-state index in [4.69, 9.17) is 0 Å². The van der Waals surface area contributed by atoms with Crippen LogP contribution < -0.4 is 5.32 Å². The minimum absolute atomic E-state index is 0.0307. The number of amides is 1. The minimum atomic E-state index is -0.226. The fraction of sp³-hybridized carbons (Fsp3) is 0.364. The molecule has 1 rings (SSSR count). The molecule has 0 atom stereocenters. The smallest absolute Gasteiger partial charge is 0.255 e. The van der Waals surface area contributed by atoms with Crippen LogP contribution in [-0.4, -0.2) is 17.1 Å². The van der Waals surface area contributed by atoms with E-state index in [0.717, 1.165) is 5.56 Å². The van der Waals surface area contributed by atoms with Crippen molar-refractivity contribution in [2.75, 3.05) is 0 Å². The Morgan fingerprint density at radius 2 is 2.07 bits per heavy atom. The van der Waals surface area contributed by atoms with E-state index < -0.39 is 0 Å². The van der Waals surface area contributed by atoms with Crippen LogP contribution in [0.2, 0.25) is 0 Å². The van der Waals surface area contributed by atoms with E-state index in [-0.39, 0.29) is 17.7 Å². The number of benzene rings is 1. The molecule has 0 aliphatic heterocycles. The molecule has 0 aromatic heterocycles. The summed E-state index contributed by atoms with van der Waals surface area (Å²) in [6.07, 6.45) is 0. The van der Waals surface area contributed by atoms with Crippen LogP contribution in [-0.2, 0) is 0 Å². The average molecular weight is 193 g/mol. The molecule has 0 radical (unpaired) electrons. The standard InChI is InChI=1S/C11H15NO2/c1-7(2)12-11(14)10-8(3)5-4-6-9(10)13/h4-7,13H,1-3H3,(H,12,14). The van der Waals surface area contributed by atoms with Crippen molar-refractivity contribution in [2.24, 2.45) is 0 Å². The van der Waals surface area contributed by atoms with Gasteiger partial charge in [0.1, 0.15) is 5.75 Å². The number of phenols is 1. The van der Waals surface area contributed by atoms with Gasteiger partial charge in [0.25, 0.3) is 5.91 Å². The van der Waals surface area contributed by atoms with Gasteiger partial charge in [-0.1, -0.05) is 12.1 Å². The lowest BCUT2D eigenvalue weighted by Crippen LogP contribution is -2.30. The summed E-state index contributed by atoms with van der Waals surface area (Å²) in [5.74, 6) is -0.196. The Hall–Kier alpha value is -1.51. The Morgan fingerprint density at radius 1 is 1.43 bits per heavy atom. The van der Waals surface area contributed by atoms with Gasteiger partial charge < -0.3 is 10.4 Å². The van der Waals surface area contributed by atoms with Crippen LogP contribution in [0.15, 0.2) is 18.2 Å². The van der Waals surface area contributed by atoms with Gasteiger partial charge in [0.2, 0.25) is 0 Å². The Morgan fingerprint density at radius 3 is 2.57 bits per heavy atom. The summed E-state index contributed by atoms with van der Waals surface area (Å²) < 4.78 is 0. The third-order valence-corrected chi connectivity index (χ3v) is 1.90. The number of nitrogens with one attached hydrogen (secondary N) is 1. The average Bonchev–Trinajstić information content (AvgIpc) is 2.01. The van der Waals surface area contributed by atoms with E-state index in [1.54, 1.807) is 19.1 Å². The summed E-state index contributed by atoms with van der Waals surface area (Å²) in [6.45, 7) is 5.56. The molecule has 76 valence electrons. The van der Waals surface area contributed by atoms with Gasteiger partial charge in [-0.25, -0.2) is 0 Å². The van der Waals surface area contributed by atoms with E-state index in [0.29, 0.717) is 5.56 Å². The second-order valence-corrected chi connectivity index (χ2v) is 3.60. The fourth-order valence-electron chi connectivity index (χ4n) is 1.28. The van der Waals surface area contributed by atoms with Crippen molar-refractivity contribution in [2.45, 2.75) is 26.8 Å². The molecule has 3 heteroatoms. The van der Waals surface area contributed by atoms with Gasteiger partial charge in [-0.15, -0.1) is 0 Å². The fourth-order valence-corrected chi connectivity index (χ4v) is 1.28. The van der Waals surface area contributed by atoms with Crippen molar-refractivity contribution >= 4 is 5.91 Å². The summed E-state index contributed by atoms with van der Waals surface area (Å²) in [7, 11) is 0. The highest BCUT2D eigenvalue weighted by atomic mass is 16.3. The molecule has 1 aromatic carbocycles. The molecule has 0 spiro atoms. The highest BCUT2D eigenvalue weighted by molar-refractivity contribution is 5.98. The molecular weight excluding hydrogens is 178 g/mol. The first-order valence-corrected chi connectivity index (χ1v) is 4.62. The first-order chi connectivity index (χ1) is 6.52. The highest BCUT2D eigenvalue weighted by Gasteiger charge is 2.13. The van der Waals surface area contributed by atoms with Crippen molar-refractivity contribution in [3.63, 3.8) is 0 Å². The maximum atomic E-state index is 11.6. The first-order valence-electron chi connectivity index (χ1n) is 4.62. The monoisotopic (exact) mass is 193 g/mol. The van der Waals surface area contributed by atoms with Gasteiger partial charge in [-0.3, -0.25) is 4.79 Å². The Labute approximate surface area is 83.8 Å². The van der Waals surface area contributed by atoms with Crippen molar-refractivity contribution in [1.29, 1.82) is 0 Å². The highest BCUT2D eigenvalue weighted by Crippen LogP contribution is 2.19.